The summed E-state index contributed by atoms with van der Waals surface area (Å²) in [6.07, 6.45) is -2.38. The lowest BCUT2D eigenvalue weighted by Crippen LogP contribution is -2.45. The van der Waals surface area contributed by atoms with E-state index in [2.05, 4.69) is 20.6 Å². The van der Waals surface area contributed by atoms with Gasteiger partial charge in [0.25, 0.3) is 5.92 Å². The number of carbonyl (C=O) groups is 1. The van der Waals surface area contributed by atoms with Gasteiger partial charge in [-0.3, -0.25) is 9.78 Å². The van der Waals surface area contributed by atoms with E-state index in [0.29, 0.717) is 21.2 Å². The molecule has 4 aromatic rings. The number of alkyl halides is 5. The third-order valence-corrected chi connectivity index (χ3v) is 8.87. The predicted molar refractivity (Wildman–Crippen MR) is 152 cm³/mol. The van der Waals surface area contributed by atoms with Crippen molar-refractivity contribution in [1.29, 1.82) is 0 Å². The summed E-state index contributed by atoms with van der Waals surface area (Å²) in [5.41, 5.74) is 0.959. The number of carbonyl (C=O) groups excluding carboxylic acids is 1. The first-order valence-corrected chi connectivity index (χ1v) is 14.9. The molecule has 0 aliphatic carbocycles. The molecule has 0 saturated carbocycles. The topological polar surface area (TPSA) is 104 Å². The van der Waals surface area contributed by atoms with Gasteiger partial charge in [0.2, 0.25) is 15.9 Å². The molecule has 45 heavy (non-hydrogen) atoms. The van der Waals surface area contributed by atoms with E-state index in [4.69, 9.17) is 0 Å². The summed E-state index contributed by atoms with van der Waals surface area (Å²) in [4.78, 5) is 21.2. The first-order chi connectivity index (χ1) is 21.2. The largest absolute Gasteiger partial charge is 0.416 e. The Balaban J connectivity index is 1.39. The van der Waals surface area contributed by atoms with Crippen molar-refractivity contribution in [3.05, 3.63) is 108 Å². The normalized spacial score (nSPS) is 16.8. The van der Waals surface area contributed by atoms with Crippen LogP contribution in [0.5, 0.6) is 0 Å². The van der Waals surface area contributed by atoms with Crippen molar-refractivity contribution in [3.63, 3.8) is 0 Å². The molecule has 236 valence electrons. The molecule has 0 bridgehead atoms. The SMILES string of the molecule is O=C(NCc1cc(NCc2cccnc2)nc(-c2ccc(C(F)(F)F)cc2)c1)[C@@H]1CC(F)(F)CN1S(=O)(=O)c1ccc(F)cc1. The van der Waals surface area contributed by atoms with E-state index in [0.717, 1.165) is 42.0 Å². The van der Waals surface area contributed by atoms with E-state index >= 15 is 0 Å². The Morgan fingerprint density at radius 2 is 1.69 bits per heavy atom. The second-order valence-electron chi connectivity index (χ2n) is 10.3. The van der Waals surface area contributed by atoms with Crippen molar-refractivity contribution in [2.75, 3.05) is 11.9 Å². The first-order valence-electron chi connectivity index (χ1n) is 13.5. The summed E-state index contributed by atoms with van der Waals surface area (Å²) in [5, 5.41) is 5.59. The van der Waals surface area contributed by atoms with Gasteiger partial charge in [0.1, 0.15) is 17.7 Å². The number of rotatable bonds is 9. The molecule has 15 heteroatoms. The summed E-state index contributed by atoms with van der Waals surface area (Å²) < 4.78 is 108. The number of aromatic nitrogens is 2. The highest BCUT2D eigenvalue weighted by atomic mass is 32.2. The van der Waals surface area contributed by atoms with Gasteiger partial charge in [-0.25, -0.2) is 26.6 Å². The van der Waals surface area contributed by atoms with E-state index in [-0.39, 0.29) is 18.8 Å². The number of hydrogen-bond donors (Lipinski definition) is 2. The van der Waals surface area contributed by atoms with Crippen LogP contribution < -0.4 is 10.6 Å². The van der Waals surface area contributed by atoms with Crippen molar-refractivity contribution in [2.24, 2.45) is 0 Å². The van der Waals surface area contributed by atoms with Crippen LogP contribution in [0.4, 0.5) is 32.2 Å². The zero-order valence-corrected chi connectivity index (χ0v) is 24.0. The average Bonchev–Trinajstić information content (AvgIpc) is 3.35. The molecular weight excluding hydrogens is 624 g/mol. The van der Waals surface area contributed by atoms with Gasteiger partial charge in [-0.05, 0) is 65.7 Å². The Bertz CT molecular complexity index is 1770. The van der Waals surface area contributed by atoms with E-state index in [1.54, 1.807) is 24.5 Å². The number of halogens is 6. The second kappa shape index (κ2) is 12.5. The van der Waals surface area contributed by atoms with Crippen LogP contribution in [0.1, 0.15) is 23.1 Å². The molecule has 5 rings (SSSR count). The second-order valence-corrected chi connectivity index (χ2v) is 12.2. The van der Waals surface area contributed by atoms with Crippen LogP contribution in [0.3, 0.4) is 0 Å². The average molecular weight is 650 g/mol. The number of nitrogens with zero attached hydrogens (tertiary/aromatic N) is 3. The number of pyridine rings is 2. The molecule has 1 aliphatic rings. The molecule has 2 N–H and O–H groups in total. The van der Waals surface area contributed by atoms with Crippen LogP contribution in [0, 0.1) is 5.82 Å². The summed E-state index contributed by atoms with van der Waals surface area (Å²) in [6.45, 7) is -1.19. The standard InChI is InChI=1S/C30H25F6N5O3S/c31-23-7-9-24(10-8-23)45(43,44)41-18-29(32,33)14-26(41)28(42)39-17-20-12-25(21-3-5-22(6-4-21)30(34,35)36)40-27(13-20)38-16-19-2-1-11-37-15-19/h1-13,15,26H,14,16-18H2,(H,38,40)(H,39,42)/t26-/m0/s1. The Morgan fingerprint density at radius 3 is 2.33 bits per heavy atom. The van der Waals surface area contributed by atoms with Gasteiger partial charge < -0.3 is 10.6 Å². The van der Waals surface area contributed by atoms with Crippen LogP contribution in [0.2, 0.25) is 0 Å². The molecule has 1 aliphatic heterocycles. The highest BCUT2D eigenvalue weighted by molar-refractivity contribution is 7.89. The fourth-order valence-electron chi connectivity index (χ4n) is 4.77. The summed E-state index contributed by atoms with van der Waals surface area (Å²) >= 11 is 0. The molecule has 1 fully saturated rings. The Labute approximate surface area is 254 Å². The van der Waals surface area contributed by atoms with Crippen LogP contribution in [-0.2, 0) is 34.1 Å². The van der Waals surface area contributed by atoms with Crippen molar-refractivity contribution >= 4 is 21.7 Å². The molecular formula is C30H25F6N5O3S. The molecule has 3 heterocycles. The molecule has 1 saturated heterocycles. The fraction of sp³-hybridized carbons (Fsp3) is 0.233. The maximum atomic E-state index is 14.5. The molecule has 2 aromatic heterocycles. The number of amides is 1. The molecule has 2 aromatic carbocycles. The zero-order valence-electron chi connectivity index (χ0n) is 23.2. The van der Waals surface area contributed by atoms with Gasteiger partial charge in [-0.1, -0.05) is 18.2 Å². The van der Waals surface area contributed by atoms with Crippen LogP contribution in [-0.4, -0.2) is 47.1 Å². The van der Waals surface area contributed by atoms with E-state index in [1.165, 1.54) is 18.2 Å². The Kier molecular flexibility index (Phi) is 8.85. The number of benzene rings is 2. The van der Waals surface area contributed by atoms with Crippen molar-refractivity contribution in [2.45, 2.75) is 42.5 Å². The number of sulfonamides is 1. The summed E-state index contributed by atoms with van der Waals surface area (Å²) in [7, 11) is -4.58. The monoisotopic (exact) mass is 649 g/mol. The minimum absolute atomic E-state index is 0.247. The van der Waals surface area contributed by atoms with Gasteiger partial charge in [0.05, 0.1) is 22.7 Å². The van der Waals surface area contributed by atoms with Gasteiger partial charge in [0, 0.05) is 37.5 Å². The quantitative estimate of drug-likeness (QED) is 0.228. The highest BCUT2D eigenvalue weighted by Gasteiger charge is 2.52. The number of nitrogens with one attached hydrogen (secondary N) is 2. The first kappa shape index (κ1) is 31.9. The van der Waals surface area contributed by atoms with E-state index in [9.17, 15) is 39.6 Å². The van der Waals surface area contributed by atoms with Crippen molar-refractivity contribution in [3.8, 4) is 11.3 Å². The molecule has 0 spiro atoms. The van der Waals surface area contributed by atoms with Crippen molar-refractivity contribution in [1.82, 2.24) is 19.6 Å². The van der Waals surface area contributed by atoms with Gasteiger partial charge in [0.15, 0.2) is 0 Å². The van der Waals surface area contributed by atoms with E-state index in [1.807, 2.05) is 6.07 Å². The zero-order chi connectivity index (χ0) is 32.4. The number of hydrogen-bond acceptors (Lipinski definition) is 6. The van der Waals surface area contributed by atoms with Gasteiger partial charge >= 0.3 is 6.18 Å². The Morgan fingerprint density at radius 1 is 0.978 bits per heavy atom. The van der Waals surface area contributed by atoms with Crippen LogP contribution in [0.15, 0.2) is 90.1 Å². The molecule has 1 atom stereocenters. The lowest BCUT2D eigenvalue weighted by molar-refractivity contribution is -0.137. The van der Waals surface area contributed by atoms with Crippen LogP contribution in [0.25, 0.3) is 11.3 Å². The lowest BCUT2D eigenvalue weighted by Gasteiger charge is -2.23. The van der Waals surface area contributed by atoms with Gasteiger partial charge in [-0.15, -0.1) is 0 Å². The van der Waals surface area contributed by atoms with E-state index < -0.39 is 63.3 Å². The lowest BCUT2D eigenvalue weighted by atomic mass is 10.1. The van der Waals surface area contributed by atoms with Crippen molar-refractivity contribution < 1.29 is 39.6 Å². The molecule has 0 unspecified atom stereocenters. The highest BCUT2D eigenvalue weighted by Crippen LogP contribution is 2.36. The maximum absolute atomic E-state index is 14.5. The molecule has 1 amide bonds. The maximum Gasteiger partial charge on any atom is 0.416 e. The third-order valence-electron chi connectivity index (χ3n) is 7.01. The third kappa shape index (κ3) is 7.60. The Hall–Kier alpha value is -4.50. The molecule has 8 nitrogen and oxygen atoms in total. The fourth-order valence-corrected chi connectivity index (χ4v) is 6.38. The summed E-state index contributed by atoms with van der Waals surface area (Å²) in [5.74, 6) is -4.91. The van der Waals surface area contributed by atoms with Crippen LogP contribution >= 0.6 is 0 Å². The predicted octanol–water partition coefficient (Wildman–Crippen LogP) is 5.63. The number of anilines is 1. The minimum atomic E-state index is -4.58. The molecule has 0 radical (unpaired) electrons. The minimum Gasteiger partial charge on any atom is -0.366 e. The van der Waals surface area contributed by atoms with Gasteiger partial charge in [-0.2, -0.15) is 17.5 Å². The smallest absolute Gasteiger partial charge is 0.366 e. The summed E-state index contributed by atoms with van der Waals surface area (Å²) in [6, 6.07) is 12.8.